The van der Waals surface area contributed by atoms with Gasteiger partial charge in [0, 0.05) is 16.0 Å². The summed E-state index contributed by atoms with van der Waals surface area (Å²) in [6.45, 7) is 0. The zero-order valence-electron chi connectivity index (χ0n) is 20.1. The lowest BCUT2D eigenvalue weighted by molar-refractivity contribution is 1.14. The van der Waals surface area contributed by atoms with Crippen LogP contribution in [0.4, 0.5) is 5.69 Å². The summed E-state index contributed by atoms with van der Waals surface area (Å²) in [6, 6.07) is 46.6. The van der Waals surface area contributed by atoms with Crippen LogP contribution in [0.3, 0.4) is 0 Å². The molecule has 1 N–H and O–H groups in total. The van der Waals surface area contributed by atoms with E-state index in [4.69, 9.17) is 0 Å². The SMILES string of the molecule is c1ccc(C2Nc3ccc4ccc5ccc(-c6cc7ccccc7c7ccccc67)cc5c4c3S2)cc1. The van der Waals surface area contributed by atoms with E-state index >= 15 is 0 Å². The summed E-state index contributed by atoms with van der Waals surface area (Å²) in [5.41, 5.74) is 5.07. The topological polar surface area (TPSA) is 12.0 Å². The first-order chi connectivity index (χ1) is 18.3. The van der Waals surface area contributed by atoms with Crippen LogP contribution in [0.15, 0.2) is 132 Å². The molecule has 1 aliphatic rings. The van der Waals surface area contributed by atoms with E-state index < -0.39 is 0 Å². The molecule has 0 amide bonds. The van der Waals surface area contributed by atoms with E-state index in [0.717, 1.165) is 0 Å². The van der Waals surface area contributed by atoms with Crippen molar-refractivity contribution >= 4 is 60.5 Å². The monoisotopic (exact) mass is 489 g/mol. The number of fused-ring (bicyclic) bond motifs is 8. The van der Waals surface area contributed by atoms with E-state index in [1.54, 1.807) is 0 Å². The first kappa shape index (κ1) is 20.9. The third-order valence-electron chi connectivity index (χ3n) is 7.66. The lowest BCUT2D eigenvalue weighted by Crippen LogP contribution is -2.00. The fourth-order valence-electron chi connectivity index (χ4n) is 5.88. The Morgan fingerprint density at radius 2 is 1.22 bits per heavy atom. The molecule has 0 spiro atoms. The lowest BCUT2D eigenvalue weighted by atomic mass is 9.91. The van der Waals surface area contributed by atoms with Crippen LogP contribution >= 0.6 is 11.8 Å². The standard InChI is InChI=1S/C35H23NS/c1-2-8-24(9-3-1)35-36-32-19-18-23-16-14-22-15-17-26(21-31(22)33(23)34(32)37-35)30-20-25-10-4-5-11-27(25)28-12-6-7-13-29(28)30/h1-21,35-36H. The molecule has 7 aromatic rings. The van der Waals surface area contributed by atoms with Crippen LogP contribution in [0.2, 0.25) is 0 Å². The fourth-order valence-corrected chi connectivity index (χ4v) is 7.19. The molecule has 2 heteroatoms. The van der Waals surface area contributed by atoms with Gasteiger partial charge in [0.05, 0.1) is 0 Å². The summed E-state index contributed by atoms with van der Waals surface area (Å²) >= 11 is 1.93. The van der Waals surface area contributed by atoms with Gasteiger partial charge in [-0.05, 0) is 72.6 Å². The van der Waals surface area contributed by atoms with Gasteiger partial charge in [-0.15, -0.1) is 0 Å². The van der Waals surface area contributed by atoms with Gasteiger partial charge in [-0.25, -0.2) is 0 Å². The molecule has 174 valence electrons. The zero-order valence-corrected chi connectivity index (χ0v) is 20.9. The molecule has 0 fully saturated rings. The quantitative estimate of drug-likeness (QED) is 0.242. The van der Waals surface area contributed by atoms with Crippen LogP contribution < -0.4 is 5.32 Å². The Balaban J connectivity index is 1.37. The van der Waals surface area contributed by atoms with Gasteiger partial charge in [0.1, 0.15) is 5.37 Å². The van der Waals surface area contributed by atoms with E-state index in [-0.39, 0.29) is 5.37 Å². The van der Waals surface area contributed by atoms with E-state index in [0.29, 0.717) is 0 Å². The molecule has 8 rings (SSSR count). The third-order valence-corrected chi connectivity index (χ3v) is 8.94. The summed E-state index contributed by atoms with van der Waals surface area (Å²) in [5, 5.41) is 14.4. The second kappa shape index (κ2) is 8.12. The molecule has 1 atom stereocenters. The normalized spacial score (nSPS) is 14.9. The Kier molecular flexibility index (Phi) is 4.58. The van der Waals surface area contributed by atoms with Gasteiger partial charge in [-0.2, -0.15) is 0 Å². The van der Waals surface area contributed by atoms with Crippen LogP contribution in [0.1, 0.15) is 10.9 Å². The number of anilines is 1. The molecule has 0 radical (unpaired) electrons. The molecule has 1 nitrogen and oxygen atoms in total. The maximum Gasteiger partial charge on any atom is 0.103 e. The molecular formula is C35H23NS. The van der Waals surface area contributed by atoms with Gasteiger partial charge in [0.2, 0.25) is 0 Å². The van der Waals surface area contributed by atoms with Crippen LogP contribution in [0.25, 0.3) is 54.2 Å². The van der Waals surface area contributed by atoms with Crippen molar-refractivity contribution in [2.24, 2.45) is 0 Å². The Bertz CT molecular complexity index is 1990. The molecule has 1 unspecified atom stereocenters. The van der Waals surface area contributed by atoms with Gasteiger partial charge in [0.25, 0.3) is 0 Å². The van der Waals surface area contributed by atoms with Crippen LogP contribution in [-0.2, 0) is 0 Å². The summed E-state index contributed by atoms with van der Waals surface area (Å²) in [7, 11) is 0. The Hall–Kier alpha value is -4.27. The minimum atomic E-state index is 0.227. The van der Waals surface area contributed by atoms with Crippen molar-refractivity contribution in [2.45, 2.75) is 10.3 Å². The van der Waals surface area contributed by atoms with Gasteiger partial charge in [-0.3, -0.25) is 0 Å². The average molecular weight is 490 g/mol. The van der Waals surface area contributed by atoms with E-state index in [1.165, 1.54) is 70.4 Å². The smallest absolute Gasteiger partial charge is 0.103 e. The van der Waals surface area contributed by atoms with Crippen LogP contribution in [0, 0.1) is 0 Å². The van der Waals surface area contributed by atoms with E-state index in [9.17, 15) is 0 Å². The highest BCUT2D eigenvalue weighted by molar-refractivity contribution is 8.00. The number of hydrogen-bond donors (Lipinski definition) is 1. The van der Waals surface area contributed by atoms with Crippen molar-refractivity contribution in [3.63, 3.8) is 0 Å². The van der Waals surface area contributed by atoms with Crippen molar-refractivity contribution < 1.29 is 0 Å². The maximum absolute atomic E-state index is 3.76. The average Bonchev–Trinajstić information content (AvgIpc) is 3.41. The van der Waals surface area contributed by atoms with Crippen LogP contribution in [-0.4, -0.2) is 0 Å². The molecular weight excluding hydrogens is 466 g/mol. The van der Waals surface area contributed by atoms with E-state index in [2.05, 4.69) is 133 Å². The predicted molar refractivity (Wildman–Crippen MR) is 161 cm³/mol. The summed E-state index contributed by atoms with van der Waals surface area (Å²) in [5.74, 6) is 0. The van der Waals surface area contributed by atoms with Gasteiger partial charge < -0.3 is 5.32 Å². The number of thioether (sulfide) groups is 1. The summed E-state index contributed by atoms with van der Waals surface area (Å²) < 4.78 is 0. The number of rotatable bonds is 2. The maximum atomic E-state index is 3.76. The second-order valence-corrected chi connectivity index (χ2v) is 10.9. The summed E-state index contributed by atoms with van der Waals surface area (Å²) in [6.07, 6.45) is 0. The largest absolute Gasteiger partial charge is 0.368 e. The molecule has 1 heterocycles. The summed E-state index contributed by atoms with van der Waals surface area (Å²) in [4.78, 5) is 1.34. The lowest BCUT2D eigenvalue weighted by Gasteiger charge is -2.13. The molecule has 0 aromatic heterocycles. The van der Waals surface area contributed by atoms with E-state index in [1.807, 2.05) is 11.8 Å². The van der Waals surface area contributed by atoms with Crippen molar-refractivity contribution in [2.75, 3.05) is 5.32 Å². The van der Waals surface area contributed by atoms with Gasteiger partial charge in [0.15, 0.2) is 0 Å². The van der Waals surface area contributed by atoms with Gasteiger partial charge >= 0.3 is 0 Å². The highest BCUT2D eigenvalue weighted by Crippen LogP contribution is 2.51. The highest BCUT2D eigenvalue weighted by atomic mass is 32.2. The molecule has 0 aliphatic carbocycles. The minimum absolute atomic E-state index is 0.227. The highest BCUT2D eigenvalue weighted by Gasteiger charge is 2.25. The van der Waals surface area contributed by atoms with Crippen molar-refractivity contribution in [3.05, 3.63) is 133 Å². The number of hydrogen-bond acceptors (Lipinski definition) is 2. The first-order valence-electron chi connectivity index (χ1n) is 12.7. The zero-order chi connectivity index (χ0) is 24.3. The molecule has 0 saturated carbocycles. The van der Waals surface area contributed by atoms with Gasteiger partial charge in [-0.1, -0.05) is 121 Å². The Morgan fingerprint density at radius 1 is 0.514 bits per heavy atom. The Morgan fingerprint density at radius 3 is 2.11 bits per heavy atom. The third kappa shape index (κ3) is 3.26. The number of nitrogens with one attached hydrogen (secondary N) is 1. The minimum Gasteiger partial charge on any atom is -0.368 e. The Labute approximate surface area is 219 Å². The van der Waals surface area contributed by atoms with Crippen molar-refractivity contribution in [3.8, 4) is 11.1 Å². The molecule has 1 aliphatic heterocycles. The molecule has 7 aromatic carbocycles. The van der Waals surface area contributed by atoms with Crippen LogP contribution in [0.5, 0.6) is 0 Å². The predicted octanol–water partition coefficient (Wildman–Crippen LogP) is 10.2. The fraction of sp³-hybridized carbons (Fsp3) is 0.0286. The molecule has 0 bridgehead atoms. The number of benzene rings is 7. The first-order valence-corrected chi connectivity index (χ1v) is 13.6. The van der Waals surface area contributed by atoms with Crippen molar-refractivity contribution in [1.29, 1.82) is 0 Å². The van der Waals surface area contributed by atoms with Crippen molar-refractivity contribution in [1.82, 2.24) is 0 Å². The molecule has 0 saturated heterocycles. The second-order valence-electron chi connectivity index (χ2n) is 9.79. The molecule has 37 heavy (non-hydrogen) atoms.